The Kier molecular flexibility index (Phi) is 5.60. The minimum Gasteiger partial charge on any atom is -0.496 e. The van der Waals surface area contributed by atoms with Crippen molar-refractivity contribution >= 4 is 17.8 Å². The number of hydrogen-bond donors (Lipinski definition) is 2. The molecule has 0 unspecified atom stereocenters. The fourth-order valence-corrected chi connectivity index (χ4v) is 3.71. The molecule has 9 nitrogen and oxygen atoms in total. The Morgan fingerprint density at radius 2 is 1.97 bits per heavy atom. The number of aryl methyl sites for hydroxylation is 2. The van der Waals surface area contributed by atoms with E-state index >= 15 is 0 Å². The number of methoxy groups -OCH3 is 1. The van der Waals surface area contributed by atoms with Crippen molar-refractivity contribution in [1.29, 1.82) is 0 Å². The maximum Gasteiger partial charge on any atom is 0.249 e. The summed E-state index contributed by atoms with van der Waals surface area (Å²) in [5, 5.41) is 9.84. The molecule has 0 spiro atoms. The van der Waals surface area contributed by atoms with E-state index in [4.69, 9.17) is 4.74 Å². The molecule has 1 atom stereocenters. The predicted octanol–water partition coefficient (Wildman–Crippen LogP) is 2.74. The second-order valence-corrected chi connectivity index (χ2v) is 7.43. The van der Waals surface area contributed by atoms with Crippen molar-refractivity contribution in [2.24, 2.45) is 5.92 Å². The zero-order valence-corrected chi connectivity index (χ0v) is 17.3. The van der Waals surface area contributed by atoms with E-state index < -0.39 is 0 Å². The van der Waals surface area contributed by atoms with Crippen molar-refractivity contribution in [1.82, 2.24) is 25.1 Å². The predicted molar refractivity (Wildman–Crippen MR) is 113 cm³/mol. The number of piperidine rings is 1. The van der Waals surface area contributed by atoms with Crippen LogP contribution in [0.1, 0.15) is 24.2 Å². The summed E-state index contributed by atoms with van der Waals surface area (Å²) in [4.78, 5) is 28.4. The third-order valence-corrected chi connectivity index (χ3v) is 5.13. The molecule has 30 heavy (non-hydrogen) atoms. The molecule has 2 N–H and O–H groups in total. The van der Waals surface area contributed by atoms with Crippen LogP contribution in [-0.2, 0) is 4.79 Å². The van der Waals surface area contributed by atoms with Gasteiger partial charge in [-0.2, -0.15) is 4.98 Å². The van der Waals surface area contributed by atoms with Crippen LogP contribution in [0.3, 0.4) is 0 Å². The van der Waals surface area contributed by atoms with Gasteiger partial charge in [0.05, 0.1) is 18.6 Å². The highest BCUT2D eigenvalue weighted by Gasteiger charge is 2.28. The van der Waals surface area contributed by atoms with Crippen molar-refractivity contribution in [3.8, 4) is 17.1 Å². The Hall–Kier alpha value is -3.49. The highest BCUT2D eigenvalue weighted by molar-refractivity contribution is 5.91. The molecule has 4 rings (SSSR count). The Labute approximate surface area is 174 Å². The monoisotopic (exact) mass is 407 g/mol. The van der Waals surface area contributed by atoms with Gasteiger partial charge in [0.15, 0.2) is 5.82 Å². The normalized spacial score (nSPS) is 16.4. The molecule has 1 fully saturated rings. The Balaban J connectivity index is 1.44. The molecular formula is C21H25N7O2. The van der Waals surface area contributed by atoms with Gasteiger partial charge < -0.3 is 9.64 Å². The Morgan fingerprint density at radius 1 is 1.20 bits per heavy atom. The molecule has 1 amide bonds. The number of amides is 1. The van der Waals surface area contributed by atoms with Crippen LogP contribution in [0.4, 0.5) is 11.9 Å². The lowest BCUT2D eigenvalue weighted by molar-refractivity contribution is -0.120. The molecule has 1 aromatic carbocycles. The maximum atomic E-state index is 12.8. The number of anilines is 2. The number of aromatic nitrogens is 5. The Bertz CT molecular complexity index is 1030. The number of carbonyl (C=O) groups is 1. The first-order valence-electron chi connectivity index (χ1n) is 9.97. The number of para-hydroxylation sites is 1. The van der Waals surface area contributed by atoms with Crippen LogP contribution in [0.5, 0.6) is 5.75 Å². The van der Waals surface area contributed by atoms with Crippen LogP contribution in [0.25, 0.3) is 11.4 Å². The van der Waals surface area contributed by atoms with Crippen molar-refractivity contribution in [3.05, 3.63) is 41.7 Å². The minimum absolute atomic E-state index is 0.102. The third-order valence-electron chi connectivity index (χ3n) is 5.13. The number of ether oxygens (including phenoxy) is 1. The summed E-state index contributed by atoms with van der Waals surface area (Å²) in [5.41, 5.74) is 2.63. The van der Waals surface area contributed by atoms with Crippen LogP contribution < -0.4 is 15.0 Å². The zero-order chi connectivity index (χ0) is 21.1. The lowest BCUT2D eigenvalue weighted by Gasteiger charge is -2.32. The van der Waals surface area contributed by atoms with Crippen molar-refractivity contribution in [3.63, 3.8) is 0 Å². The van der Waals surface area contributed by atoms with Crippen LogP contribution in [0.15, 0.2) is 30.3 Å². The van der Waals surface area contributed by atoms with E-state index in [0.717, 1.165) is 36.3 Å². The van der Waals surface area contributed by atoms with Gasteiger partial charge in [0.1, 0.15) is 5.75 Å². The van der Waals surface area contributed by atoms with Gasteiger partial charge in [0, 0.05) is 24.5 Å². The quantitative estimate of drug-likeness (QED) is 0.669. The summed E-state index contributed by atoms with van der Waals surface area (Å²) in [6, 6.07) is 9.45. The van der Waals surface area contributed by atoms with E-state index in [-0.39, 0.29) is 17.8 Å². The first-order chi connectivity index (χ1) is 14.5. The molecule has 0 bridgehead atoms. The summed E-state index contributed by atoms with van der Waals surface area (Å²) in [7, 11) is 1.60. The van der Waals surface area contributed by atoms with Gasteiger partial charge in [-0.25, -0.2) is 9.97 Å². The number of carbonyl (C=O) groups excluding carboxylic acids is 1. The smallest absolute Gasteiger partial charge is 0.249 e. The molecule has 1 aliphatic rings. The van der Waals surface area contributed by atoms with Crippen molar-refractivity contribution < 1.29 is 9.53 Å². The van der Waals surface area contributed by atoms with Crippen LogP contribution in [-0.4, -0.2) is 51.3 Å². The van der Waals surface area contributed by atoms with Gasteiger partial charge in [0.25, 0.3) is 0 Å². The summed E-state index contributed by atoms with van der Waals surface area (Å²) >= 11 is 0. The van der Waals surface area contributed by atoms with Crippen molar-refractivity contribution in [2.45, 2.75) is 26.7 Å². The molecule has 0 aliphatic carbocycles. The van der Waals surface area contributed by atoms with Gasteiger partial charge in [-0.1, -0.05) is 12.1 Å². The number of H-pyrrole nitrogens is 1. The largest absolute Gasteiger partial charge is 0.496 e. The standard InChI is InChI=1S/C21H25N7O2/c1-13-11-14(2)23-21(22-13)28-10-6-7-15(12-28)19(29)25-20-24-18(26-27-20)16-8-4-5-9-17(16)30-3/h4-5,8-9,11,15H,6-7,10,12H2,1-3H3,(H2,24,25,26,27,29)/t15-/m0/s1. The molecule has 0 saturated carbocycles. The first kappa shape index (κ1) is 19.8. The highest BCUT2D eigenvalue weighted by Crippen LogP contribution is 2.27. The molecule has 9 heteroatoms. The molecule has 1 aliphatic heterocycles. The van der Waals surface area contributed by atoms with Gasteiger partial charge in [0.2, 0.25) is 17.8 Å². The van der Waals surface area contributed by atoms with Gasteiger partial charge in [-0.3, -0.25) is 15.2 Å². The van der Waals surface area contributed by atoms with E-state index in [2.05, 4.69) is 35.4 Å². The van der Waals surface area contributed by atoms with Crippen molar-refractivity contribution in [2.75, 3.05) is 30.4 Å². The van der Waals surface area contributed by atoms with E-state index in [1.807, 2.05) is 44.2 Å². The molecule has 2 aromatic heterocycles. The number of nitrogens with zero attached hydrogens (tertiary/aromatic N) is 5. The topological polar surface area (TPSA) is 109 Å². The summed E-state index contributed by atoms with van der Waals surface area (Å²) in [6.07, 6.45) is 1.70. The number of hydrogen-bond acceptors (Lipinski definition) is 7. The highest BCUT2D eigenvalue weighted by atomic mass is 16.5. The number of aromatic amines is 1. The molecular weight excluding hydrogens is 382 g/mol. The number of nitrogens with one attached hydrogen (secondary N) is 2. The van der Waals surface area contributed by atoms with E-state index in [1.54, 1.807) is 7.11 Å². The summed E-state index contributed by atoms with van der Waals surface area (Å²) in [5.74, 6) is 1.87. The third kappa shape index (κ3) is 4.24. The molecule has 1 saturated heterocycles. The van der Waals surface area contributed by atoms with E-state index in [0.29, 0.717) is 24.1 Å². The lowest BCUT2D eigenvalue weighted by Crippen LogP contribution is -2.41. The summed E-state index contributed by atoms with van der Waals surface area (Å²) < 4.78 is 5.36. The van der Waals surface area contributed by atoms with E-state index in [1.165, 1.54) is 0 Å². The zero-order valence-electron chi connectivity index (χ0n) is 17.3. The Morgan fingerprint density at radius 3 is 2.73 bits per heavy atom. The summed E-state index contributed by atoms with van der Waals surface area (Å²) in [6.45, 7) is 5.31. The molecule has 3 heterocycles. The van der Waals surface area contributed by atoms with Crippen LogP contribution >= 0.6 is 0 Å². The van der Waals surface area contributed by atoms with E-state index in [9.17, 15) is 4.79 Å². The second-order valence-electron chi connectivity index (χ2n) is 7.43. The first-order valence-corrected chi connectivity index (χ1v) is 9.97. The van der Waals surface area contributed by atoms with Crippen LogP contribution in [0.2, 0.25) is 0 Å². The average Bonchev–Trinajstić information content (AvgIpc) is 3.21. The second kappa shape index (κ2) is 8.48. The number of benzene rings is 1. The van der Waals surface area contributed by atoms with Crippen LogP contribution in [0, 0.1) is 19.8 Å². The lowest BCUT2D eigenvalue weighted by atomic mass is 9.97. The molecule has 156 valence electrons. The molecule has 3 aromatic rings. The average molecular weight is 407 g/mol. The number of rotatable bonds is 5. The fraction of sp³-hybridized carbons (Fsp3) is 0.381. The van der Waals surface area contributed by atoms with Gasteiger partial charge in [-0.15, -0.1) is 5.10 Å². The van der Waals surface area contributed by atoms with Gasteiger partial charge >= 0.3 is 0 Å². The SMILES string of the molecule is COc1ccccc1-c1nc(NC(=O)[C@H]2CCCN(c3nc(C)cc(C)n3)C2)n[nH]1. The van der Waals surface area contributed by atoms with Gasteiger partial charge in [-0.05, 0) is 44.9 Å². The fourth-order valence-electron chi connectivity index (χ4n) is 3.71. The maximum absolute atomic E-state index is 12.8. The molecule has 0 radical (unpaired) electrons. The minimum atomic E-state index is -0.184.